The van der Waals surface area contributed by atoms with E-state index in [4.69, 9.17) is 9.47 Å². The van der Waals surface area contributed by atoms with Crippen LogP contribution in [0.4, 0.5) is 0 Å². The fourth-order valence-corrected chi connectivity index (χ4v) is 3.11. The molecule has 0 amide bonds. The summed E-state index contributed by atoms with van der Waals surface area (Å²) >= 11 is 0. The standard InChI is InChI=1S/C14H22N2O4S/c1-19-8-7-16-21(17,18)14-6-3-11(9-13(14)20-2)10-15-12-4-5-12/h3,6,9,12,15-16H,4-5,7-8,10H2,1-2H3. The van der Waals surface area contributed by atoms with E-state index in [1.807, 2.05) is 6.07 Å². The number of methoxy groups -OCH3 is 2. The molecule has 1 aliphatic carbocycles. The van der Waals surface area contributed by atoms with Crippen LogP contribution in [0.15, 0.2) is 23.1 Å². The summed E-state index contributed by atoms with van der Waals surface area (Å²) in [4.78, 5) is 0.149. The Labute approximate surface area is 125 Å². The van der Waals surface area contributed by atoms with Gasteiger partial charge in [0, 0.05) is 26.2 Å². The van der Waals surface area contributed by atoms with Gasteiger partial charge in [0.05, 0.1) is 13.7 Å². The summed E-state index contributed by atoms with van der Waals surface area (Å²) in [6.07, 6.45) is 2.43. The van der Waals surface area contributed by atoms with Crippen molar-refractivity contribution in [1.82, 2.24) is 10.0 Å². The van der Waals surface area contributed by atoms with Gasteiger partial charge in [-0.2, -0.15) is 0 Å². The minimum absolute atomic E-state index is 0.149. The van der Waals surface area contributed by atoms with Gasteiger partial charge in [0.1, 0.15) is 10.6 Å². The van der Waals surface area contributed by atoms with E-state index in [2.05, 4.69) is 10.0 Å². The SMILES string of the molecule is COCCNS(=O)(=O)c1ccc(CNC2CC2)cc1OC. The molecule has 1 aliphatic rings. The van der Waals surface area contributed by atoms with Crippen molar-refractivity contribution in [2.75, 3.05) is 27.4 Å². The molecule has 0 bridgehead atoms. The summed E-state index contributed by atoms with van der Waals surface area (Å²) in [6, 6.07) is 5.76. The second-order valence-electron chi connectivity index (χ2n) is 5.03. The molecule has 0 unspecified atom stereocenters. The Morgan fingerprint density at radius 1 is 1.29 bits per heavy atom. The summed E-state index contributed by atoms with van der Waals surface area (Å²) in [6.45, 7) is 1.27. The first-order valence-electron chi connectivity index (χ1n) is 6.95. The minimum Gasteiger partial charge on any atom is -0.495 e. The second kappa shape index (κ2) is 7.22. The van der Waals surface area contributed by atoms with Gasteiger partial charge in [-0.3, -0.25) is 0 Å². The molecule has 1 aromatic rings. The maximum atomic E-state index is 12.2. The molecule has 1 saturated carbocycles. The molecule has 0 spiro atoms. The Bertz CT molecular complexity index is 570. The lowest BCUT2D eigenvalue weighted by molar-refractivity contribution is 0.204. The first kappa shape index (κ1) is 16.2. The van der Waals surface area contributed by atoms with Gasteiger partial charge in [0.25, 0.3) is 0 Å². The quantitative estimate of drug-likeness (QED) is 0.662. The molecule has 21 heavy (non-hydrogen) atoms. The minimum atomic E-state index is -3.59. The fraction of sp³-hybridized carbons (Fsp3) is 0.571. The van der Waals surface area contributed by atoms with E-state index in [0.717, 1.165) is 12.1 Å². The molecule has 0 heterocycles. The molecule has 0 aliphatic heterocycles. The fourth-order valence-electron chi connectivity index (χ4n) is 1.95. The zero-order valence-corrected chi connectivity index (χ0v) is 13.2. The van der Waals surface area contributed by atoms with Gasteiger partial charge in [0.15, 0.2) is 0 Å². The van der Waals surface area contributed by atoms with Crippen LogP contribution in [0, 0.1) is 0 Å². The molecule has 2 N–H and O–H groups in total. The van der Waals surface area contributed by atoms with Gasteiger partial charge in [-0.1, -0.05) is 6.07 Å². The first-order valence-corrected chi connectivity index (χ1v) is 8.44. The average molecular weight is 314 g/mol. The van der Waals surface area contributed by atoms with Gasteiger partial charge in [-0.25, -0.2) is 13.1 Å². The molecule has 118 valence electrons. The van der Waals surface area contributed by atoms with Crippen LogP contribution in [0.25, 0.3) is 0 Å². The molecule has 1 aromatic carbocycles. The van der Waals surface area contributed by atoms with Crippen LogP contribution < -0.4 is 14.8 Å². The molecule has 0 aromatic heterocycles. The van der Waals surface area contributed by atoms with Crippen LogP contribution in [-0.4, -0.2) is 41.8 Å². The smallest absolute Gasteiger partial charge is 0.244 e. The molecule has 6 nitrogen and oxygen atoms in total. The zero-order valence-electron chi connectivity index (χ0n) is 12.4. The molecular weight excluding hydrogens is 292 g/mol. The predicted octanol–water partition coefficient (Wildman–Crippen LogP) is 0.872. The summed E-state index contributed by atoms with van der Waals surface area (Å²) < 4.78 is 37.0. The number of ether oxygens (including phenoxy) is 2. The van der Waals surface area contributed by atoms with Crippen molar-refractivity contribution in [3.8, 4) is 5.75 Å². The largest absolute Gasteiger partial charge is 0.495 e. The van der Waals surface area contributed by atoms with E-state index < -0.39 is 10.0 Å². The average Bonchev–Trinajstić information content (AvgIpc) is 3.29. The number of benzene rings is 1. The van der Waals surface area contributed by atoms with Crippen molar-refractivity contribution < 1.29 is 17.9 Å². The third-order valence-electron chi connectivity index (χ3n) is 3.29. The number of hydrogen-bond donors (Lipinski definition) is 2. The van der Waals surface area contributed by atoms with Crippen LogP contribution in [-0.2, 0) is 21.3 Å². The third kappa shape index (κ3) is 4.67. The van der Waals surface area contributed by atoms with E-state index in [0.29, 0.717) is 18.4 Å². The van der Waals surface area contributed by atoms with E-state index in [-0.39, 0.29) is 11.4 Å². The third-order valence-corrected chi connectivity index (χ3v) is 4.79. The summed E-state index contributed by atoms with van der Waals surface area (Å²) in [7, 11) is -0.588. The van der Waals surface area contributed by atoms with Crippen LogP contribution in [0.2, 0.25) is 0 Å². The zero-order chi connectivity index (χ0) is 15.3. The predicted molar refractivity (Wildman–Crippen MR) is 79.9 cm³/mol. The Hall–Kier alpha value is -1.15. The summed E-state index contributed by atoms with van der Waals surface area (Å²) in [5.74, 6) is 0.356. The topological polar surface area (TPSA) is 76.7 Å². The van der Waals surface area contributed by atoms with Crippen LogP contribution in [0.5, 0.6) is 5.75 Å². The lowest BCUT2D eigenvalue weighted by Crippen LogP contribution is -2.27. The maximum Gasteiger partial charge on any atom is 0.244 e. The van der Waals surface area contributed by atoms with E-state index in [1.165, 1.54) is 27.1 Å². The molecular formula is C14H22N2O4S. The van der Waals surface area contributed by atoms with Gasteiger partial charge < -0.3 is 14.8 Å². The van der Waals surface area contributed by atoms with Gasteiger partial charge >= 0.3 is 0 Å². The molecule has 1 fully saturated rings. The lowest BCUT2D eigenvalue weighted by Gasteiger charge is -2.12. The van der Waals surface area contributed by atoms with Crippen molar-refractivity contribution in [2.45, 2.75) is 30.3 Å². The molecule has 0 atom stereocenters. The first-order chi connectivity index (χ1) is 10.1. The van der Waals surface area contributed by atoms with E-state index in [9.17, 15) is 8.42 Å². The van der Waals surface area contributed by atoms with E-state index >= 15 is 0 Å². The Morgan fingerprint density at radius 3 is 2.67 bits per heavy atom. The number of hydrogen-bond acceptors (Lipinski definition) is 5. The molecule has 7 heteroatoms. The summed E-state index contributed by atoms with van der Waals surface area (Å²) in [5, 5.41) is 3.39. The van der Waals surface area contributed by atoms with Crippen LogP contribution in [0.3, 0.4) is 0 Å². The normalized spacial score (nSPS) is 15.1. The Morgan fingerprint density at radius 2 is 2.05 bits per heavy atom. The monoisotopic (exact) mass is 314 g/mol. The summed E-state index contributed by atoms with van der Waals surface area (Å²) in [5.41, 5.74) is 1.01. The van der Waals surface area contributed by atoms with E-state index in [1.54, 1.807) is 12.1 Å². The second-order valence-corrected chi connectivity index (χ2v) is 6.77. The van der Waals surface area contributed by atoms with Gasteiger partial charge in [-0.15, -0.1) is 0 Å². The van der Waals surface area contributed by atoms with Crippen LogP contribution in [0.1, 0.15) is 18.4 Å². The maximum absolute atomic E-state index is 12.2. The number of nitrogens with one attached hydrogen (secondary N) is 2. The number of sulfonamides is 1. The van der Waals surface area contributed by atoms with Crippen molar-refractivity contribution in [3.63, 3.8) is 0 Å². The molecule has 2 rings (SSSR count). The van der Waals surface area contributed by atoms with Crippen LogP contribution >= 0.6 is 0 Å². The van der Waals surface area contributed by atoms with Crippen molar-refractivity contribution in [3.05, 3.63) is 23.8 Å². The van der Waals surface area contributed by atoms with Gasteiger partial charge in [-0.05, 0) is 30.5 Å². The molecule has 0 saturated heterocycles. The van der Waals surface area contributed by atoms with Crippen molar-refractivity contribution in [2.24, 2.45) is 0 Å². The lowest BCUT2D eigenvalue weighted by atomic mass is 10.2. The highest BCUT2D eigenvalue weighted by molar-refractivity contribution is 7.89. The number of rotatable bonds is 9. The highest BCUT2D eigenvalue weighted by atomic mass is 32.2. The van der Waals surface area contributed by atoms with Gasteiger partial charge in [0.2, 0.25) is 10.0 Å². The molecule has 0 radical (unpaired) electrons. The Kier molecular flexibility index (Phi) is 5.58. The highest BCUT2D eigenvalue weighted by Gasteiger charge is 2.22. The van der Waals surface area contributed by atoms with Crippen molar-refractivity contribution >= 4 is 10.0 Å². The highest BCUT2D eigenvalue weighted by Crippen LogP contribution is 2.25. The Balaban J connectivity index is 2.10. The van der Waals surface area contributed by atoms with Crippen molar-refractivity contribution in [1.29, 1.82) is 0 Å².